The first-order valence-electron chi connectivity index (χ1n) is 23.0. The largest absolute Gasteiger partial charge is 0.351 e. The third-order valence-electron chi connectivity index (χ3n) is 12.7. The maximum atomic E-state index is 14.5. The van der Waals surface area contributed by atoms with Crippen molar-refractivity contribution in [2.24, 2.45) is 29.1 Å². The number of nitrogens with zero attached hydrogens (tertiary/aromatic N) is 3. The van der Waals surface area contributed by atoms with Gasteiger partial charge >= 0.3 is 6.03 Å². The van der Waals surface area contributed by atoms with Crippen LogP contribution in [0.25, 0.3) is 0 Å². The van der Waals surface area contributed by atoms with Crippen LogP contribution in [0.15, 0.2) is 79.3 Å². The Hall–Kier alpha value is -6.12. The molecule has 3 aromatic rings. The van der Waals surface area contributed by atoms with Crippen LogP contribution >= 0.6 is 0 Å². The second-order valence-corrected chi connectivity index (χ2v) is 18.6. The molecule has 1 saturated carbocycles. The zero-order valence-corrected chi connectivity index (χ0v) is 38.3. The standard InChI is InChI=1S/C50H65N7O8/c1-6-16-35(46(62)41(58)23-24-44(61)53-32(2)33-17-10-7-11-18-33)27-42(59)37-30-57(49(65)54-36-21-14-9-15-22-36)31-40(37)55-47(63)38(50(3,4)5)28-43(60)45(34-19-12-8-13-20-34)56-48(64)39-29-51-25-26-52-39/h7,9-11,14-15,17-18,21-22,25-26,29,32,34-35,37-38,40,45H,6,8,12-13,16,19-20,23-24,27-28,30-31H2,1-5H3,(H,53,61)(H,54,65)(H,55,63)(H,56,64)/t32-,35-,37-,38-,40?,45+/m1/s1. The number of hydrogen-bond acceptors (Lipinski definition) is 10. The van der Waals surface area contributed by atoms with E-state index in [2.05, 4.69) is 31.2 Å². The molecule has 2 aromatic carbocycles. The molecule has 1 aromatic heterocycles. The number of likely N-dealkylation sites (tertiary alicyclic amines) is 1. The Kier molecular flexibility index (Phi) is 18.2. The van der Waals surface area contributed by atoms with E-state index in [1.807, 2.05) is 71.0 Å². The summed E-state index contributed by atoms with van der Waals surface area (Å²) in [5.74, 6) is -6.46. The van der Waals surface area contributed by atoms with E-state index < -0.39 is 70.4 Å². The monoisotopic (exact) mass is 891 g/mol. The molecule has 15 nitrogen and oxygen atoms in total. The number of hydrogen-bond donors (Lipinski definition) is 4. The van der Waals surface area contributed by atoms with E-state index in [1.54, 1.807) is 24.3 Å². The van der Waals surface area contributed by atoms with Crippen LogP contribution in [0, 0.1) is 29.1 Å². The van der Waals surface area contributed by atoms with Gasteiger partial charge in [0.05, 0.1) is 30.2 Å². The van der Waals surface area contributed by atoms with Gasteiger partial charge in [-0.3, -0.25) is 38.5 Å². The summed E-state index contributed by atoms with van der Waals surface area (Å²) in [6.07, 6.45) is 8.29. The third-order valence-corrected chi connectivity index (χ3v) is 12.7. The first kappa shape index (κ1) is 49.9. The van der Waals surface area contributed by atoms with Gasteiger partial charge in [0.2, 0.25) is 17.6 Å². The number of aromatic nitrogens is 2. The Morgan fingerprint density at radius 1 is 0.815 bits per heavy atom. The van der Waals surface area contributed by atoms with E-state index >= 15 is 0 Å². The first-order chi connectivity index (χ1) is 31.0. The summed E-state index contributed by atoms with van der Waals surface area (Å²) in [5.41, 5.74) is 0.763. The Bertz CT molecular complexity index is 2120. The molecule has 1 saturated heterocycles. The number of carbonyl (C=O) groups is 8. The molecule has 0 radical (unpaired) electrons. The van der Waals surface area contributed by atoms with Gasteiger partial charge in [0.15, 0.2) is 11.6 Å². The SMILES string of the molecule is CCC[C@H](CC(=O)[C@@H]1CN(C(=O)Nc2ccccc2)CC1NC(=O)[C@@H](CC(=O)[C@@H](NC(=O)c1cnccn1)C1CCCCC1)C(C)(C)C)C(=O)C(=O)CCC(=O)N[C@H](C)c1ccccc1. The van der Waals surface area contributed by atoms with Crippen molar-refractivity contribution in [1.82, 2.24) is 30.8 Å². The van der Waals surface area contributed by atoms with Crippen molar-refractivity contribution in [2.45, 2.75) is 123 Å². The molecule has 5 rings (SSSR count). The average molecular weight is 892 g/mol. The molecule has 0 spiro atoms. The van der Waals surface area contributed by atoms with Crippen molar-refractivity contribution < 1.29 is 38.4 Å². The van der Waals surface area contributed by atoms with Crippen LogP contribution in [-0.2, 0) is 28.8 Å². The van der Waals surface area contributed by atoms with E-state index in [4.69, 9.17) is 0 Å². The first-order valence-corrected chi connectivity index (χ1v) is 23.0. The lowest BCUT2D eigenvalue weighted by Crippen LogP contribution is -2.51. The summed E-state index contributed by atoms with van der Waals surface area (Å²) in [7, 11) is 0. The Morgan fingerprint density at radius 2 is 1.49 bits per heavy atom. The predicted octanol–water partition coefficient (Wildman–Crippen LogP) is 6.60. The zero-order valence-electron chi connectivity index (χ0n) is 38.3. The number of carbonyl (C=O) groups excluding carboxylic acids is 8. The molecule has 1 aliphatic carbocycles. The predicted molar refractivity (Wildman–Crippen MR) is 245 cm³/mol. The van der Waals surface area contributed by atoms with E-state index in [9.17, 15) is 38.4 Å². The summed E-state index contributed by atoms with van der Waals surface area (Å²) in [4.78, 5) is 119. The highest BCUT2D eigenvalue weighted by atomic mass is 16.2. The fourth-order valence-electron chi connectivity index (χ4n) is 8.92. The van der Waals surface area contributed by atoms with Crippen molar-refractivity contribution in [3.63, 3.8) is 0 Å². The van der Waals surface area contributed by atoms with Gasteiger partial charge in [-0.15, -0.1) is 0 Å². The minimum atomic E-state index is -0.955. The van der Waals surface area contributed by atoms with Crippen molar-refractivity contribution in [1.29, 1.82) is 0 Å². The highest BCUT2D eigenvalue weighted by Crippen LogP contribution is 2.34. The van der Waals surface area contributed by atoms with Crippen LogP contribution in [-0.4, -0.2) is 86.9 Å². The molecule has 2 aliphatic rings. The number of anilines is 1. The number of para-hydroxylation sites is 1. The second kappa shape index (κ2) is 23.7. The van der Waals surface area contributed by atoms with Gasteiger partial charge in [-0.1, -0.05) is 102 Å². The van der Waals surface area contributed by atoms with Crippen LogP contribution < -0.4 is 21.3 Å². The number of rotatable bonds is 21. The van der Waals surface area contributed by atoms with Gasteiger partial charge in [0.25, 0.3) is 5.91 Å². The second-order valence-electron chi connectivity index (χ2n) is 18.6. The zero-order chi connectivity index (χ0) is 47.1. The Balaban J connectivity index is 1.31. The maximum absolute atomic E-state index is 14.5. The highest BCUT2D eigenvalue weighted by Gasteiger charge is 2.45. The van der Waals surface area contributed by atoms with Gasteiger partial charge in [-0.05, 0) is 55.2 Å². The molecular formula is C50H65N7O8. The fraction of sp³-hybridized carbons (Fsp3) is 0.520. The van der Waals surface area contributed by atoms with Gasteiger partial charge in [0.1, 0.15) is 11.5 Å². The quantitative estimate of drug-likeness (QED) is 0.0842. The minimum absolute atomic E-state index is 0.0354. The molecule has 348 valence electrons. The van der Waals surface area contributed by atoms with Gasteiger partial charge in [-0.2, -0.15) is 0 Å². The molecule has 65 heavy (non-hydrogen) atoms. The van der Waals surface area contributed by atoms with Crippen LogP contribution in [0.5, 0.6) is 0 Å². The lowest BCUT2D eigenvalue weighted by molar-refractivity contribution is -0.141. The smallest absolute Gasteiger partial charge is 0.321 e. The molecule has 5 amide bonds. The summed E-state index contributed by atoms with van der Waals surface area (Å²) in [6, 6.07) is 15.6. The number of Topliss-reactive ketones (excluding diaryl/α,β-unsaturated/α-hetero) is 4. The number of ketones is 4. The molecule has 4 N–H and O–H groups in total. The molecule has 1 unspecified atom stereocenters. The summed E-state index contributed by atoms with van der Waals surface area (Å²) >= 11 is 0. The maximum Gasteiger partial charge on any atom is 0.321 e. The normalized spacial score (nSPS) is 18.3. The minimum Gasteiger partial charge on any atom is -0.351 e. The summed E-state index contributed by atoms with van der Waals surface area (Å²) in [5, 5.41) is 11.7. The van der Waals surface area contributed by atoms with E-state index in [1.165, 1.54) is 23.5 Å². The van der Waals surface area contributed by atoms with Crippen molar-refractivity contribution in [3.8, 4) is 0 Å². The van der Waals surface area contributed by atoms with Crippen LogP contribution in [0.1, 0.15) is 127 Å². The molecule has 0 bridgehead atoms. The Labute approximate surface area is 382 Å². The molecule has 2 fully saturated rings. The van der Waals surface area contributed by atoms with Crippen LogP contribution in [0.2, 0.25) is 0 Å². The van der Waals surface area contributed by atoms with E-state index in [0.29, 0.717) is 12.1 Å². The topological polar surface area (TPSA) is 214 Å². The van der Waals surface area contributed by atoms with Crippen molar-refractivity contribution >= 4 is 52.6 Å². The summed E-state index contributed by atoms with van der Waals surface area (Å²) in [6.45, 7) is 9.11. The molecular weight excluding hydrogens is 827 g/mol. The highest BCUT2D eigenvalue weighted by molar-refractivity contribution is 6.38. The van der Waals surface area contributed by atoms with E-state index in [-0.39, 0.29) is 74.5 Å². The van der Waals surface area contributed by atoms with Crippen molar-refractivity contribution in [3.05, 3.63) is 90.5 Å². The fourth-order valence-corrected chi connectivity index (χ4v) is 8.92. The molecule has 2 heterocycles. The molecule has 6 atom stereocenters. The number of urea groups is 1. The number of benzene rings is 2. The van der Waals surface area contributed by atoms with Crippen LogP contribution in [0.3, 0.4) is 0 Å². The lowest BCUT2D eigenvalue weighted by Gasteiger charge is -2.34. The van der Waals surface area contributed by atoms with Gasteiger partial charge < -0.3 is 26.2 Å². The van der Waals surface area contributed by atoms with Gasteiger partial charge in [0, 0.05) is 68.7 Å². The number of nitrogens with one attached hydrogen (secondary N) is 4. The lowest BCUT2D eigenvalue weighted by atomic mass is 9.74. The van der Waals surface area contributed by atoms with Crippen molar-refractivity contribution in [2.75, 3.05) is 18.4 Å². The van der Waals surface area contributed by atoms with Crippen LogP contribution in [0.4, 0.5) is 10.5 Å². The third kappa shape index (κ3) is 14.4. The number of amides is 5. The average Bonchev–Trinajstić information content (AvgIpc) is 3.73. The Morgan fingerprint density at radius 3 is 2.12 bits per heavy atom. The van der Waals surface area contributed by atoms with E-state index in [0.717, 1.165) is 37.7 Å². The molecule has 1 aliphatic heterocycles. The summed E-state index contributed by atoms with van der Waals surface area (Å²) < 4.78 is 0. The molecule has 15 heteroatoms. The van der Waals surface area contributed by atoms with Gasteiger partial charge in [-0.25, -0.2) is 9.78 Å².